The molecule has 124 valence electrons. The molecular weight excluding hydrogens is 352 g/mol. The summed E-state index contributed by atoms with van der Waals surface area (Å²) in [6.45, 7) is 0. The molecule has 4 N–H and O–H groups in total. The Labute approximate surface area is 129 Å². The normalized spacial score (nSPS) is 12.7. The maximum absolute atomic E-state index is 12.8. The predicted molar refractivity (Wildman–Crippen MR) is 70.0 cm³/mol. The molecule has 0 fully saturated rings. The van der Waals surface area contributed by atoms with Crippen molar-refractivity contribution in [3.05, 3.63) is 28.3 Å². The maximum Gasteiger partial charge on any atom is 0.417 e. The molecule has 1 aromatic rings. The molecule has 0 radical (unpaired) electrons. The molecule has 0 spiro atoms. The Balaban J connectivity index is 3.46. The summed E-state index contributed by atoms with van der Waals surface area (Å²) in [4.78, 5) is 0. The lowest BCUT2D eigenvalue weighted by Gasteiger charge is -2.16. The number of nitrogens with two attached hydrogens (primary N) is 1. The highest BCUT2D eigenvalue weighted by Gasteiger charge is 2.41. The molecule has 0 bridgehead atoms. The van der Waals surface area contributed by atoms with Crippen molar-refractivity contribution in [3.8, 4) is 6.07 Å². The third-order valence-electron chi connectivity index (χ3n) is 2.34. The van der Waals surface area contributed by atoms with Gasteiger partial charge in [0.2, 0.25) is 5.71 Å². The zero-order valence-corrected chi connectivity index (χ0v) is 11.5. The van der Waals surface area contributed by atoms with Gasteiger partial charge in [0, 0.05) is 0 Å². The maximum atomic E-state index is 12.8. The third-order valence-corrected chi connectivity index (χ3v) is 2.75. The van der Waals surface area contributed by atoms with Gasteiger partial charge in [0.15, 0.2) is 5.84 Å². The summed E-state index contributed by atoms with van der Waals surface area (Å²) in [6, 6.07) is 1.92. The fourth-order valence-electron chi connectivity index (χ4n) is 1.37. The fraction of sp³-hybridized carbons (Fsp3) is 0.182. The van der Waals surface area contributed by atoms with Crippen LogP contribution in [-0.2, 0) is 12.4 Å². The molecule has 0 heterocycles. The summed E-state index contributed by atoms with van der Waals surface area (Å²) in [6.07, 6.45) is -10.3. The second-order valence-corrected chi connectivity index (χ2v) is 4.36. The standard InChI is InChI=1S/C11H6ClF6N5/c12-8-5(10(13,14)15)1-4(2-6(8)11(16,17)18)22-23-7(3-19)9(20)21/h1-2,22H,(H3,20,21)/b23-7+. The number of hydrogen-bond acceptors (Lipinski definition) is 4. The number of alkyl halides is 6. The number of nitrogens with one attached hydrogen (secondary N) is 2. The van der Waals surface area contributed by atoms with E-state index in [4.69, 9.17) is 28.0 Å². The van der Waals surface area contributed by atoms with Crippen LogP contribution in [0.1, 0.15) is 11.1 Å². The fourth-order valence-corrected chi connectivity index (χ4v) is 1.69. The Morgan fingerprint density at radius 2 is 1.61 bits per heavy atom. The van der Waals surface area contributed by atoms with E-state index in [1.54, 1.807) is 0 Å². The van der Waals surface area contributed by atoms with E-state index in [1.807, 2.05) is 5.43 Å². The van der Waals surface area contributed by atoms with Gasteiger partial charge in [-0.05, 0) is 12.1 Å². The summed E-state index contributed by atoms with van der Waals surface area (Å²) < 4.78 is 76.6. The van der Waals surface area contributed by atoms with E-state index in [2.05, 4.69) is 5.10 Å². The number of hydrazone groups is 1. The van der Waals surface area contributed by atoms with E-state index in [0.717, 1.165) is 0 Å². The van der Waals surface area contributed by atoms with Gasteiger partial charge in [-0.3, -0.25) is 10.8 Å². The van der Waals surface area contributed by atoms with E-state index >= 15 is 0 Å². The monoisotopic (exact) mass is 357 g/mol. The SMILES string of the molecule is N#C/C(=N\Nc1cc(C(F)(F)F)c(Cl)c(C(F)(F)F)c1)C(=N)N. The molecule has 0 aliphatic carbocycles. The van der Waals surface area contributed by atoms with Gasteiger partial charge in [-0.15, -0.1) is 0 Å². The van der Waals surface area contributed by atoms with E-state index in [-0.39, 0.29) is 12.1 Å². The molecule has 1 aromatic carbocycles. The van der Waals surface area contributed by atoms with Crippen LogP contribution in [-0.4, -0.2) is 11.5 Å². The van der Waals surface area contributed by atoms with Crippen LogP contribution in [0.25, 0.3) is 0 Å². The first-order valence-electron chi connectivity index (χ1n) is 5.44. The summed E-state index contributed by atoms with van der Waals surface area (Å²) in [5.74, 6) is -0.818. The Bertz CT molecular complexity index is 665. The quantitative estimate of drug-likeness (QED) is 0.333. The number of halogens is 7. The van der Waals surface area contributed by atoms with Crippen molar-refractivity contribution < 1.29 is 26.3 Å². The highest BCUT2D eigenvalue weighted by atomic mass is 35.5. The van der Waals surface area contributed by atoms with Crippen LogP contribution in [0, 0.1) is 16.7 Å². The number of hydrogen-bond donors (Lipinski definition) is 3. The molecule has 0 atom stereocenters. The van der Waals surface area contributed by atoms with Crippen molar-refractivity contribution in [2.45, 2.75) is 12.4 Å². The summed E-state index contributed by atoms with van der Waals surface area (Å²) in [5.41, 5.74) is 1.85. The second kappa shape index (κ2) is 6.33. The van der Waals surface area contributed by atoms with Gasteiger partial charge in [0.25, 0.3) is 0 Å². The second-order valence-electron chi connectivity index (χ2n) is 3.98. The van der Waals surface area contributed by atoms with Gasteiger partial charge in [-0.1, -0.05) is 11.6 Å². The Kier molecular flexibility index (Phi) is 5.11. The molecule has 0 aliphatic rings. The van der Waals surface area contributed by atoms with E-state index in [1.165, 1.54) is 6.07 Å². The molecule has 0 saturated heterocycles. The Morgan fingerprint density at radius 1 is 1.17 bits per heavy atom. The minimum Gasteiger partial charge on any atom is -0.382 e. The van der Waals surface area contributed by atoms with Gasteiger partial charge >= 0.3 is 12.4 Å². The molecule has 0 saturated carbocycles. The smallest absolute Gasteiger partial charge is 0.382 e. The number of rotatable bonds is 3. The van der Waals surface area contributed by atoms with Crippen LogP contribution >= 0.6 is 11.6 Å². The van der Waals surface area contributed by atoms with Crippen molar-refractivity contribution in [3.63, 3.8) is 0 Å². The van der Waals surface area contributed by atoms with E-state index < -0.39 is 45.7 Å². The lowest BCUT2D eigenvalue weighted by atomic mass is 10.1. The zero-order valence-electron chi connectivity index (χ0n) is 10.8. The number of benzene rings is 1. The van der Waals surface area contributed by atoms with Gasteiger partial charge in [0.05, 0.1) is 21.8 Å². The molecule has 23 heavy (non-hydrogen) atoms. The zero-order chi connectivity index (χ0) is 18.0. The Hall–Kier alpha value is -2.48. The lowest BCUT2D eigenvalue weighted by molar-refractivity contribution is -0.142. The van der Waals surface area contributed by atoms with Crippen LogP contribution in [0.4, 0.5) is 32.0 Å². The summed E-state index contributed by atoms with van der Waals surface area (Å²) >= 11 is 5.18. The average molecular weight is 358 g/mol. The largest absolute Gasteiger partial charge is 0.417 e. The molecule has 0 aliphatic heterocycles. The van der Waals surface area contributed by atoms with Crippen LogP contribution in [0.5, 0.6) is 0 Å². The Morgan fingerprint density at radius 3 is 1.91 bits per heavy atom. The molecule has 0 unspecified atom stereocenters. The number of anilines is 1. The van der Waals surface area contributed by atoms with Crippen molar-refractivity contribution in [2.75, 3.05) is 5.43 Å². The molecule has 0 aromatic heterocycles. The molecule has 5 nitrogen and oxygen atoms in total. The van der Waals surface area contributed by atoms with Crippen molar-refractivity contribution in [1.29, 1.82) is 10.7 Å². The summed E-state index contributed by atoms with van der Waals surface area (Å²) in [7, 11) is 0. The predicted octanol–water partition coefficient (Wildman–Crippen LogP) is 3.61. The molecular formula is C11H6ClF6N5. The highest BCUT2D eigenvalue weighted by molar-refractivity contribution is 6.45. The summed E-state index contributed by atoms with van der Waals surface area (Å²) in [5, 5.41) is 17.2. The topological polar surface area (TPSA) is 98.0 Å². The number of nitriles is 1. The minimum atomic E-state index is -5.14. The van der Waals surface area contributed by atoms with Crippen LogP contribution in [0.2, 0.25) is 5.02 Å². The van der Waals surface area contributed by atoms with Crippen molar-refractivity contribution in [1.82, 2.24) is 0 Å². The van der Waals surface area contributed by atoms with Crippen LogP contribution in [0.15, 0.2) is 17.2 Å². The van der Waals surface area contributed by atoms with Crippen LogP contribution < -0.4 is 11.2 Å². The first-order valence-corrected chi connectivity index (χ1v) is 5.82. The molecule has 1 rings (SSSR count). The lowest BCUT2D eigenvalue weighted by Crippen LogP contribution is -2.22. The third kappa shape index (κ3) is 4.49. The highest BCUT2D eigenvalue weighted by Crippen LogP contribution is 2.43. The van der Waals surface area contributed by atoms with Crippen molar-refractivity contribution in [2.24, 2.45) is 10.8 Å². The van der Waals surface area contributed by atoms with Gasteiger partial charge < -0.3 is 5.73 Å². The van der Waals surface area contributed by atoms with Gasteiger partial charge in [-0.25, -0.2) is 0 Å². The average Bonchev–Trinajstić information content (AvgIpc) is 2.37. The van der Waals surface area contributed by atoms with Gasteiger partial charge in [-0.2, -0.15) is 36.7 Å². The molecule has 0 amide bonds. The number of nitrogens with zero attached hydrogens (tertiary/aromatic N) is 2. The molecule has 12 heteroatoms. The van der Waals surface area contributed by atoms with E-state index in [9.17, 15) is 26.3 Å². The first kappa shape index (κ1) is 18.6. The van der Waals surface area contributed by atoms with Crippen molar-refractivity contribution >= 4 is 28.8 Å². The van der Waals surface area contributed by atoms with E-state index in [0.29, 0.717) is 0 Å². The first-order chi connectivity index (χ1) is 10.4. The van der Waals surface area contributed by atoms with Gasteiger partial charge in [0.1, 0.15) is 6.07 Å². The number of amidine groups is 1. The minimum absolute atomic E-state index is 0.288. The van der Waals surface area contributed by atoms with Crippen LogP contribution in [0.3, 0.4) is 0 Å².